The molecule has 3 N–H and O–H groups in total. The summed E-state index contributed by atoms with van der Waals surface area (Å²) in [5.41, 5.74) is 3.87. The van der Waals surface area contributed by atoms with Crippen molar-refractivity contribution in [2.45, 2.75) is 37.7 Å². The highest BCUT2D eigenvalue weighted by molar-refractivity contribution is 5.84. The Morgan fingerprint density at radius 3 is 2.41 bits per heavy atom. The standard InChI is InChI=1S/C15H23N5O2/c16-14(21)15(22)5-4-8-20(10-15)13-9-12(17-11-18-13)19-6-2-1-3-7-19/h9,11,22H,1-8,10H2,(H2,16,21)/t15-/m1/s1. The van der Waals surface area contributed by atoms with Crippen molar-refractivity contribution in [1.82, 2.24) is 9.97 Å². The van der Waals surface area contributed by atoms with E-state index < -0.39 is 11.5 Å². The normalized spacial score (nSPS) is 26.0. The molecule has 1 amide bonds. The fourth-order valence-electron chi connectivity index (χ4n) is 3.24. The van der Waals surface area contributed by atoms with Crippen molar-refractivity contribution in [3.05, 3.63) is 12.4 Å². The van der Waals surface area contributed by atoms with Crippen LogP contribution in [0, 0.1) is 0 Å². The maximum atomic E-state index is 11.5. The largest absolute Gasteiger partial charge is 0.378 e. The predicted octanol–water partition coefficient (Wildman–Crippen LogP) is 0.283. The average molecular weight is 305 g/mol. The van der Waals surface area contributed by atoms with E-state index in [1.54, 1.807) is 6.33 Å². The average Bonchev–Trinajstić information content (AvgIpc) is 2.56. The smallest absolute Gasteiger partial charge is 0.251 e. The summed E-state index contributed by atoms with van der Waals surface area (Å²) in [7, 11) is 0. The number of carbonyl (C=O) groups excluding carboxylic acids is 1. The van der Waals surface area contributed by atoms with Gasteiger partial charge in [-0.15, -0.1) is 0 Å². The van der Waals surface area contributed by atoms with Crippen molar-refractivity contribution in [3.8, 4) is 0 Å². The number of nitrogens with two attached hydrogens (primary N) is 1. The molecule has 120 valence electrons. The minimum atomic E-state index is -1.46. The van der Waals surface area contributed by atoms with Crippen molar-refractivity contribution >= 4 is 17.5 Å². The van der Waals surface area contributed by atoms with E-state index in [0.29, 0.717) is 12.8 Å². The van der Waals surface area contributed by atoms with E-state index in [1.807, 2.05) is 11.0 Å². The second kappa shape index (κ2) is 6.08. The Labute approximate surface area is 130 Å². The van der Waals surface area contributed by atoms with Crippen LogP contribution in [0.5, 0.6) is 0 Å². The highest BCUT2D eigenvalue weighted by Crippen LogP contribution is 2.27. The van der Waals surface area contributed by atoms with Gasteiger partial charge < -0.3 is 20.6 Å². The summed E-state index contributed by atoms with van der Waals surface area (Å²) in [6.45, 7) is 2.98. The Balaban J connectivity index is 1.78. The number of anilines is 2. The summed E-state index contributed by atoms with van der Waals surface area (Å²) in [6.07, 6.45) is 6.31. The van der Waals surface area contributed by atoms with Crippen LogP contribution in [-0.4, -0.2) is 52.8 Å². The van der Waals surface area contributed by atoms with E-state index in [9.17, 15) is 9.90 Å². The molecule has 0 spiro atoms. The van der Waals surface area contributed by atoms with Crippen LogP contribution < -0.4 is 15.5 Å². The van der Waals surface area contributed by atoms with E-state index >= 15 is 0 Å². The highest BCUT2D eigenvalue weighted by Gasteiger charge is 2.39. The summed E-state index contributed by atoms with van der Waals surface area (Å²) in [4.78, 5) is 24.3. The van der Waals surface area contributed by atoms with Gasteiger partial charge in [-0.2, -0.15) is 0 Å². The summed E-state index contributed by atoms with van der Waals surface area (Å²) < 4.78 is 0. The van der Waals surface area contributed by atoms with Gasteiger partial charge in [-0.1, -0.05) is 0 Å². The van der Waals surface area contributed by atoms with Gasteiger partial charge in [0.25, 0.3) is 5.91 Å². The second-order valence-corrected chi connectivity index (χ2v) is 6.20. The van der Waals surface area contributed by atoms with Gasteiger partial charge in [0, 0.05) is 25.7 Å². The first kappa shape index (κ1) is 15.0. The minimum Gasteiger partial charge on any atom is -0.378 e. The highest BCUT2D eigenvalue weighted by atomic mass is 16.3. The van der Waals surface area contributed by atoms with Gasteiger partial charge in [0.05, 0.1) is 6.54 Å². The van der Waals surface area contributed by atoms with Gasteiger partial charge in [-0.3, -0.25) is 4.79 Å². The van der Waals surface area contributed by atoms with Crippen molar-refractivity contribution in [2.24, 2.45) is 5.73 Å². The molecule has 0 aromatic carbocycles. The molecule has 2 aliphatic rings. The van der Waals surface area contributed by atoms with E-state index in [1.165, 1.54) is 19.3 Å². The van der Waals surface area contributed by atoms with Crippen LogP contribution in [-0.2, 0) is 4.79 Å². The van der Waals surface area contributed by atoms with Crippen LogP contribution in [0.1, 0.15) is 32.1 Å². The molecule has 0 bridgehead atoms. The van der Waals surface area contributed by atoms with Gasteiger partial charge in [0.2, 0.25) is 0 Å². The zero-order valence-electron chi connectivity index (χ0n) is 12.7. The summed E-state index contributed by atoms with van der Waals surface area (Å²) in [6, 6.07) is 1.94. The molecule has 1 atom stereocenters. The fraction of sp³-hybridized carbons (Fsp3) is 0.667. The van der Waals surface area contributed by atoms with Crippen LogP contribution in [0.3, 0.4) is 0 Å². The van der Waals surface area contributed by atoms with Gasteiger partial charge >= 0.3 is 0 Å². The number of nitrogens with zero attached hydrogens (tertiary/aromatic N) is 4. The first-order valence-electron chi connectivity index (χ1n) is 7.93. The Morgan fingerprint density at radius 2 is 1.73 bits per heavy atom. The molecule has 7 nitrogen and oxygen atoms in total. The molecule has 0 aliphatic carbocycles. The minimum absolute atomic E-state index is 0.193. The SMILES string of the molecule is NC(=O)[C@@]1(O)CCCN(c2cc(N3CCCCC3)ncn2)C1. The zero-order chi connectivity index (χ0) is 15.6. The number of primary amides is 1. The molecule has 1 aromatic heterocycles. The molecule has 7 heteroatoms. The molecule has 2 saturated heterocycles. The lowest BCUT2D eigenvalue weighted by molar-refractivity contribution is -0.137. The molecule has 1 aromatic rings. The number of aliphatic hydroxyl groups is 1. The van der Waals surface area contributed by atoms with Gasteiger partial charge in [0.1, 0.15) is 18.0 Å². The molecule has 0 radical (unpaired) electrons. The number of carbonyl (C=O) groups is 1. The molecule has 3 heterocycles. The van der Waals surface area contributed by atoms with Crippen molar-refractivity contribution in [1.29, 1.82) is 0 Å². The van der Waals surface area contributed by atoms with Crippen LogP contribution in [0.2, 0.25) is 0 Å². The zero-order valence-corrected chi connectivity index (χ0v) is 12.7. The van der Waals surface area contributed by atoms with E-state index in [2.05, 4.69) is 14.9 Å². The van der Waals surface area contributed by atoms with Crippen LogP contribution >= 0.6 is 0 Å². The third-order valence-corrected chi connectivity index (χ3v) is 4.57. The van der Waals surface area contributed by atoms with Crippen molar-refractivity contribution in [3.63, 3.8) is 0 Å². The number of hydrogen-bond donors (Lipinski definition) is 2. The van der Waals surface area contributed by atoms with Crippen molar-refractivity contribution < 1.29 is 9.90 Å². The predicted molar refractivity (Wildman–Crippen MR) is 83.7 cm³/mol. The monoisotopic (exact) mass is 305 g/mol. The first-order chi connectivity index (χ1) is 10.6. The Hall–Kier alpha value is -1.89. The lowest BCUT2D eigenvalue weighted by Crippen LogP contribution is -2.56. The summed E-state index contributed by atoms with van der Waals surface area (Å²) in [5.74, 6) is 0.996. The molecular formula is C15H23N5O2. The Bertz CT molecular complexity index is 546. The van der Waals surface area contributed by atoms with Gasteiger partial charge in [-0.25, -0.2) is 9.97 Å². The Morgan fingerprint density at radius 1 is 1.09 bits per heavy atom. The van der Waals surface area contributed by atoms with Crippen molar-refractivity contribution in [2.75, 3.05) is 36.0 Å². The second-order valence-electron chi connectivity index (χ2n) is 6.20. The lowest BCUT2D eigenvalue weighted by Gasteiger charge is -2.38. The number of aromatic nitrogens is 2. The van der Waals surface area contributed by atoms with E-state index in [4.69, 9.17) is 5.73 Å². The maximum Gasteiger partial charge on any atom is 0.251 e. The topological polar surface area (TPSA) is 95.6 Å². The molecule has 2 fully saturated rings. The number of β-amino-alcohol motifs (C(OH)–C–C–N with tert-alkyl or cyclic N) is 1. The van der Waals surface area contributed by atoms with E-state index in [0.717, 1.165) is 31.3 Å². The molecule has 0 saturated carbocycles. The maximum absolute atomic E-state index is 11.5. The third kappa shape index (κ3) is 2.99. The lowest BCUT2D eigenvalue weighted by atomic mass is 9.92. The number of hydrogen-bond acceptors (Lipinski definition) is 6. The van der Waals surface area contributed by atoms with Crippen LogP contribution in [0.25, 0.3) is 0 Å². The van der Waals surface area contributed by atoms with Gasteiger partial charge in [0.15, 0.2) is 5.60 Å². The summed E-state index contributed by atoms with van der Waals surface area (Å²) >= 11 is 0. The summed E-state index contributed by atoms with van der Waals surface area (Å²) in [5, 5.41) is 10.3. The quantitative estimate of drug-likeness (QED) is 0.833. The van der Waals surface area contributed by atoms with Gasteiger partial charge in [-0.05, 0) is 32.1 Å². The molecule has 22 heavy (non-hydrogen) atoms. The fourth-order valence-corrected chi connectivity index (χ4v) is 3.24. The first-order valence-corrected chi connectivity index (χ1v) is 7.93. The number of rotatable bonds is 3. The molecule has 0 unspecified atom stereocenters. The van der Waals surface area contributed by atoms with Crippen LogP contribution in [0.15, 0.2) is 12.4 Å². The van der Waals surface area contributed by atoms with Crippen LogP contribution in [0.4, 0.5) is 11.6 Å². The molecule has 3 rings (SSSR count). The number of amides is 1. The molecule has 2 aliphatic heterocycles. The molecular weight excluding hydrogens is 282 g/mol. The van der Waals surface area contributed by atoms with E-state index in [-0.39, 0.29) is 6.54 Å². The Kier molecular flexibility index (Phi) is 4.15. The third-order valence-electron chi connectivity index (χ3n) is 4.57. The number of piperidine rings is 2.